The standard InChI is InChI=1S/C28H40O3/c1-19(2)10-8-12-21(4)16-26(29)17-22(5)13-9-11-20(3)14-15-25-18-27(30)23(6)24(7)28(25)31/h10,13-14,16,18,26,29H,8-9,11-12,15,17H2,1-7H3/b20-14+,21-16+,22-13+. The highest BCUT2D eigenvalue weighted by atomic mass is 16.3. The molecule has 0 spiro atoms. The van der Waals surface area contributed by atoms with E-state index in [-0.39, 0.29) is 11.6 Å². The van der Waals surface area contributed by atoms with Gasteiger partial charge in [0, 0.05) is 16.7 Å². The van der Waals surface area contributed by atoms with Crippen molar-refractivity contribution in [2.45, 2.75) is 93.1 Å². The van der Waals surface area contributed by atoms with E-state index in [1.807, 2.05) is 12.2 Å². The zero-order valence-electron chi connectivity index (χ0n) is 20.5. The molecule has 0 radical (unpaired) electrons. The van der Waals surface area contributed by atoms with Gasteiger partial charge >= 0.3 is 0 Å². The summed E-state index contributed by atoms with van der Waals surface area (Å²) >= 11 is 0. The second-order valence-corrected chi connectivity index (χ2v) is 9.06. The number of hydrogen-bond acceptors (Lipinski definition) is 3. The maximum Gasteiger partial charge on any atom is 0.185 e. The summed E-state index contributed by atoms with van der Waals surface area (Å²) in [6, 6.07) is 0. The Morgan fingerprint density at radius 2 is 1.48 bits per heavy atom. The van der Waals surface area contributed by atoms with Crippen LogP contribution in [-0.4, -0.2) is 22.8 Å². The molecule has 1 N–H and O–H groups in total. The molecule has 3 nitrogen and oxygen atoms in total. The van der Waals surface area contributed by atoms with Crippen molar-refractivity contribution in [1.29, 1.82) is 0 Å². The predicted molar refractivity (Wildman–Crippen MR) is 131 cm³/mol. The zero-order valence-corrected chi connectivity index (χ0v) is 20.5. The number of Topliss-reactive ketones (excluding diaryl/α,β-unsaturated/α-hetero) is 1. The third-order valence-electron chi connectivity index (χ3n) is 5.67. The van der Waals surface area contributed by atoms with E-state index in [4.69, 9.17) is 0 Å². The summed E-state index contributed by atoms with van der Waals surface area (Å²) in [6.45, 7) is 13.8. The topological polar surface area (TPSA) is 54.4 Å². The quantitative estimate of drug-likeness (QED) is 0.290. The molecule has 1 unspecified atom stereocenters. The summed E-state index contributed by atoms with van der Waals surface area (Å²) in [7, 11) is 0. The zero-order chi connectivity index (χ0) is 23.6. The molecule has 0 aliphatic heterocycles. The lowest BCUT2D eigenvalue weighted by Gasteiger charge is -2.13. The lowest BCUT2D eigenvalue weighted by molar-refractivity contribution is -0.115. The Morgan fingerprint density at radius 3 is 2.13 bits per heavy atom. The van der Waals surface area contributed by atoms with Crippen molar-refractivity contribution in [3.8, 4) is 0 Å². The van der Waals surface area contributed by atoms with E-state index >= 15 is 0 Å². The first-order chi connectivity index (χ1) is 14.5. The molecule has 170 valence electrons. The maximum absolute atomic E-state index is 12.3. The lowest BCUT2D eigenvalue weighted by atomic mass is 9.89. The summed E-state index contributed by atoms with van der Waals surface area (Å²) in [5.74, 6) is -0.0772. The summed E-state index contributed by atoms with van der Waals surface area (Å²) in [4.78, 5) is 24.3. The first-order valence-corrected chi connectivity index (χ1v) is 11.3. The Morgan fingerprint density at radius 1 is 0.871 bits per heavy atom. The fourth-order valence-corrected chi connectivity index (χ4v) is 3.48. The third-order valence-corrected chi connectivity index (χ3v) is 5.67. The molecule has 1 rings (SSSR count). The molecule has 1 aliphatic carbocycles. The van der Waals surface area contributed by atoms with E-state index in [0.29, 0.717) is 29.6 Å². The molecule has 1 aliphatic rings. The molecular weight excluding hydrogens is 384 g/mol. The number of aliphatic hydroxyl groups is 1. The summed E-state index contributed by atoms with van der Waals surface area (Å²) in [5, 5.41) is 10.3. The number of carbonyl (C=O) groups excluding carboxylic acids is 2. The van der Waals surface area contributed by atoms with Gasteiger partial charge in [-0.2, -0.15) is 0 Å². The minimum Gasteiger partial charge on any atom is -0.389 e. The van der Waals surface area contributed by atoms with Gasteiger partial charge in [-0.3, -0.25) is 9.59 Å². The largest absolute Gasteiger partial charge is 0.389 e. The second-order valence-electron chi connectivity index (χ2n) is 9.06. The minimum atomic E-state index is -0.443. The van der Waals surface area contributed by atoms with E-state index in [2.05, 4.69) is 46.8 Å². The SMILES string of the molecule is CC(C)=CCC/C(C)=C/C(O)C/C(C)=C/CC/C(C)=C/CC1=CC(=O)C(C)=C(C)C1=O. The molecular formula is C28H40O3. The van der Waals surface area contributed by atoms with E-state index < -0.39 is 6.10 Å². The number of ketones is 2. The van der Waals surface area contributed by atoms with Crippen LogP contribution in [0.15, 0.2) is 69.4 Å². The van der Waals surface area contributed by atoms with Gasteiger partial charge in [0.25, 0.3) is 0 Å². The van der Waals surface area contributed by atoms with Crippen LogP contribution in [0.5, 0.6) is 0 Å². The molecule has 0 aromatic heterocycles. The second kappa shape index (κ2) is 13.2. The first kappa shape index (κ1) is 26.8. The van der Waals surface area contributed by atoms with Crippen molar-refractivity contribution in [1.82, 2.24) is 0 Å². The Bertz CT molecular complexity index is 853. The van der Waals surface area contributed by atoms with Gasteiger partial charge in [-0.05, 0) is 93.1 Å². The molecule has 31 heavy (non-hydrogen) atoms. The van der Waals surface area contributed by atoms with E-state index in [1.54, 1.807) is 13.8 Å². The molecule has 0 saturated carbocycles. The number of aliphatic hydroxyl groups excluding tert-OH is 1. The fraction of sp³-hybridized carbons (Fsp3) is 0.500. The average Bonchev–Trinajstić information content (AvgIpc) is 2.67. The van der Waals surface area contributed by atoms with E-state index in [0.717, 1.165) is 25.7 Å². The lowest BCUT2D eigenvalue weighted by Crippen LogP contribution is -2.16. The number of rotatable bonds is 11. The molecule has 0 saturated heterocycles. The van der Waals surface area contributed by atoms with Crippen molar-refractivity contribution >= 4 is 11.6 Å². The summed E-state index contributed by atoms with van der Waals surface area (Å²) in [5.41, 5.74) is 6.62. The highest BCUT2D eigenvalue weighted by Gasteiger charge is 2.21. The predicted octanol–water partition coefficient (Wildman–Crippen LogP) is 6.91. The Kier molecular flexibility index (Phi) is 11.4. The van der Waals surface area contributed by atoms with Crippen LogP contribution in [0, 0.1) is 0 Å². The Hall–Kier alpha value is -2.26. The van der Waals surface area contributed by atoms with Gasteiger partial charge in [0.1, 0.15) is 0 Å². The number of carbonyl (C=O) groups is 2. The molecule has 1 atom stereocenters. The van der Waals surface area contributed by atoms with Gasteiger partial charge < -0.3 is 5.11 Å². The van der Waals surface area contributed by atoms with Crippen LogP contribution >= 0.6 is 0 Å². The van der Waals surface area contributed by atoms with Crippen molar-refractivity contribution in [2.24, 2.45) is 0 Å². The Labute approximate surface area is 189 Å². The maximum atomic E-state index is 12.3. The van der Waals surface area contributed by atoms with E-state index in [1.165, 1.54) is 28.4 Å². The smallest absolute Gasteiger partial charge is 0.185 e. The normalized spacial score (nSPS) is 17.2. The van der Waals surface area contributed by atoms with Gasteiger partial charge in [0.05, 0.1) is 6.10 Å². The minimum absolute atomic E-state index is 0.0184. The van der Waals surface area contributed by atoms with Crippen molar-refractivity contribution in [3.63, 3.8) is 0 Å². The van der Waals surface area contributed by atoms with Gasteiger partial charge in [-0.25, -0.2) is 0 Å². The first-order valence-electron chi connectivity index (χ1n) is 11.3. The van der Waals surface area contributed by atoms with Crippen LogP contribution < -0.4 is 0 Å². The van der Waals surface area contributed by atoms with Gasteiger partial charge in [0.2, 0.25) is 0 Å². The molecule has 0 fully saturated rings. The summed E-state index contributed by atoms with van der Waals surface area (Å²) in [6.07, 6.45) is 14.4. The van der Waals surface area contributed by atoms with Crippen LogP contribution in [0.3, 0.4) is 0 Å². The van der Waals surface area contributed by atoms with E-state index in [9.17, 15) is 14.7 Å². The van der Waals surface area contributed by atoms with Gasteiger partial charge in [-0.1, -0.05) is 46.6 Å². The third kappa shape index (κ3) is 10.1. The van der Waals surface area contributed by atoms with Crippen LogP contribution in [0.1, 0.15) is 87.0 Å². The molecule has 3 heteroatoms. The summed E-state index contributed by atoms with van der Waals surface area (Å²) < 4.78 is 0. The van der Waals surface area contributed by atoms with Gasteiger partial charge in [-0.15, -0.1) is 0 Å². The van der Waals surface area contributed by atoms with Crippen molar-refractivity contribution < 1.29 is 14.7 Å². The molecule has 0 heterocycles. The van der Waals surface area contributed by atoms with Crippen LogP contribution in [0.4, 0.5) is 0 Å². The number of allylic oxidation sites excluding steroid dienone is 10. The highest BCUT2D eigenvalue weighted by molar-refractivity contribution is 6.22. The van der Waals surface area contributed by atoms with Crippen LogP contribution in [-0.2, 0) is 9.59 Å². The molecule has 0 aromatic carbocycles. The number of hydrogen-bond donors (Lipinski definition) is 1. The van der Waals surface area contributed by atoms with Crippen molar-refractivity contribution in [2.75, 3.05) is 0 Å². The molecule has 0 bridgehead atoms. The van der Waals surface area contributed by atoms with Crippen molar-refractivity contribution in [3.05, 3.63) is 69.4 Å². The van der Waals surface area contributed by atoms with Gasteiger partial charge in [0.15, 0.2) is 11.6 Å². The molecule has 0 aromatic rings. The Balaban J connectivity index is 2.48. The van der Waals surface area contributed by atoms with Crippen LogP contribution in [0.2, 0.25) is 0 Å². The monoisotopic (exact) mass is 424 g/mol. The molecule has 0 amide bonds. The highest BCUT2D eigenvalue weighted by Crippen LogP contribution is 2.22. The average molecular weight is 425 g/mol. The fourth-order valence-electron chi connectivity index (χ4n) is 3.48. The van der Waals surface area contributed by atoms with Crippen LogP contribution in [0.25, 0.3) is 0 Å².